The highest BCUT2D eigenvalue weighted by atomic mass is 28.3. The van der Waals surface area contributed by atoms with Gasteiger partial charge in [0, 0.05) is 69.5 Å². The molecule has 0 aliphatic carbocycles. The highest BCUT2D eigenvalue weighted by molar-refractivity contribution is 7.00. The van der Waals surface area contributed by atoms with Crippen molar-refractivity contribution in [3.8, 4) is 0 Å². The fourth-order valence-electron chi connectivity index (χ4n) is 7.21. The van der Waals surface area contributed by atoms with Crippen molar-refractivity contribution in [3.63, 3.8) is 0 Å². The molecule has 0 aliphatic rings. The Morgan fingerprint density at radius 3 is 1.34 bits per heavy atom. The molecule has 0 bridgehead atoms. The van der Waals surface area contributed by atoms with Gasteiger partial charge in [0.2, 0.25) is 0 Å². The molecule has 6 aromatic heterocycles. The average Bonchev–Trinajstić information content (AvgIpc) is 3.66. The summed E-state index contributed by atoms with van der Waals surface area (Å²) >= 11 is 0. The molecule has 0 N–H and O–H groups in total. The van der Waals surface area contributed by atoms with Crippen LogP contribution in [0.25, 0.3) is 54.4 Å². The third-order valence-corrected chi connectivity index (χ3v) is 13.0. The zero-order chi connectivity index (χ0) is 28.6. The molecule has 0 saturated heterocycles. The lowest BCUT2D eigenvalue weighted by Gasteiger charge is -2.26. The number of fused-ring (bicyclic) bond motifs is 6. The van der Waals surface area contributed by atoms with E-state index in [1.165, 1.54) is 75.9 Å². The second kappa shape index (κ2) is 7.65. The van der Waals surface area contributed by atoms with Gasteiger partial charge >= 0.3 is 0 Å². The predicted octanol–water partition coefficient (Wildman–Crippen LogP) is 7.89. The number of hydrogen-bond acceptors (Lipinski definition) is 2. The number of aromatic nitrogens is 4. The van der Waals surface area contributed by atoms with Crippen molar-refractivity contribution in [1.82, 2.24) is 18.8 Å². The van der Waals surface area contributed by atoms with E-state index in [-0.39, 0.29) is 10.8 Å². The van der Waals surface area contributed by atoms with Crippen molar-refractivity contribution >= 4 is 72.8 Å². The fourth-order valence-corrected chi connectivity index (χ4v) is 9.56. The third kappa shape index (κ3) is 3.21. The molecule has 5 heteroatoms. The first-order valence-corrected chi connectivity index (χ1v) is 17.7. The molecular weight excluding hydrogens is 517 g/mol. The quantitative estimate of drug-likeness (QED) is 0.204. The normalized spacial score (nSPS) is 13.9. The Morgan fingerprint density at radius 1 is 0.561 bits per heavy atom. The lowest BCUT2D eigenvalue weighted by molar-refractivity contribution is 0.595. The van der Waals surface area contributed by atoms with E-state index >= 15 is 0 Å². The van der Waals surface area contributed by atoms with Gasteiger partial charge in [-0.3, -0.25) is 9.97 Å². The average molecular weight is 553 g/mol. The number of rotatable bonds is 2. The molecule has 204 valence electrons. The van der Waals surface area contributed by atoms with Gasteiger partial charge in [0.15, 0.2) is 0 Å². The fraction of sp³-hybridized carbons (Fsp3) is 0.278. The Balaban J connectivity index is 1.46. The van der Waals surface area contributed by atoms with Crippen LogP contribution in [0.3, 0.4) is 0 Å². The van der Waals surface area contributed by atoms with Crippen LogP contribution in [-0.4, -0.2) is 26.8 Å². The molecule has 0 amide bonds. The van der Waals surface area contributed by atoms with Crippen molar-refractivity contribution < 1.29 is 0 Å². The minimum absolute atomic E-state index is 0.0433. The Bertz CT molecular complexity index is 2140. The molecule has 0 fully saturated rings. The molecule has 41 heavy (non-hydrogen) atoms. The topological polar surface area (TPSA) is 34.6 Å². The molecule has 0 aliphatic heterocycles. The van der Waals surface area contributed by atoms with Gasteiger partial charge in [-0.2, -0.15) is 0 Å². The Hall–Kier alpha value is -3.96. The van der Waals surface area contributed by atoms with Crippen molar-refractivity contribution in [2.75, 3.05) is 0 Å². The van der Waals surface area contributed by atoms with E-state index in [0.29, 0.717) is 0 Å². The van der Waals surface area contributed by atoms with Gasteiger partial charge in [0.05, 0.1) is 22.1 Å². The van der Waals surface area contributed by atoms with Crippen LogP contribution >= 0.6 is 0 Å². The summed E-state index contributed by atoms with van der Waals surface area (Å²) in [5.41, 5.74) is 8.03. The third-order valence-electron chi connectivity index (χ3n) is 9.55. The number of nitrogens with zero attached hydrogens (tertiary/aromatic N) is 4. The second-order valence-corrected chi connectivity index (χ2v) is 19.0. The first kappa shape index (κ1) is 24.8. The van der Waals surface area contributed by atoms with Gasteiger partial charge in [-0.25, -0.2) is 0 Å². The van der Waals surface area contributed by atoms with Crippen LogP contribution in [0, 0.1) is 0 Å². The Kier molecular flexibility index (Phi) is 4.63. The van der Waals surface area contributed by atoms with Crippen molar-refractivity contribution in [2.45, 2.75) is 65.5 Å². The maximum absolute atomic E-state index is 4.53. The van der Waals surface area contributed by atoms with Crippen molar-refractivity contribution in [2.24, 2.45) is 0 Å². The summed E-state index contributed by atoms with van der Waals surface area (Å²) in [7, 11) is -2.15. The van der Waals surface area contributed by atoms with Crippen LogP contribution in [0.5, 0.6) is 0 Å². The summed E-state index contributed by atoms with van der Waals surface area (Å²) in [5, 5.41) is 10.8. The van der Waals surface area contributed by atoms with Crippen LogP contribution < -0.4 is 10.4 Å². The van der Waals surface area contributed by atoms with Gasteiger partial charge in [0.25, 0.3) is 0 Å². The SMILES string of the molecule is CC(C)(C)c1cn2c3ccncc3c3cc([Si](C)(C)c4cc5c(C(C)(C)C)cn6c7ccncc7c(c4)c56)cc1c32. The minimum Gasteiger partial charge on any atom is -0.315 e. The molecule has 6 heterocycles. The van der Waals surface area contributed by atoms with Gasteiger partial charge in [-0.1, -0.05) is 89.3 Å². The van der Waals surface area contributed by atoms with Gasteiger partial charge in [0.1, 0.15) is 8.07 Å². The number of benzene rings is 2. The van der Waals surface area contributed by atoms with Crippen LogP contribution in [-0.2, 0) is 10.8 Å². The second-order valence-electron chi connectivity index (χ2n) is 14.6. The van der Waals surface area contributed by atoms with E-state index in [0.717, 1.165) is 0 Å². The maximum Gasteiger partial charge on any atom is 0.112 e. The zero-order valence-electron chi connectivity index (χ0n) is 25.2. The highest BCUT2D eigenvalue weighted by Gasteiger charge is 2.33. The largest absolute Gasteiger partial charge is 0.315 e. The van der Waals surface area contributed by atoms with E-state index in [9.17, 15) is 0 Å². The van der Waals surface area contributed by atoms with Crippen LogP contribution in [0.15, 0.2) is 73.6 Å². The van der Waals surface area contributed by atoms with E-state index in [2.05, 4.69) is 122 Å². The summed E-state index contributed by atoms with van der Waals surface area (Å²) in [6.07, 6.45) is 12.6. The summed E-state index contributed by atoms with van der Waals surface area (Å²) in [6, 6.07) is 14.3. The molecule has 0 saturated carbocycles. The molecule has 0 spiro atoms. The standard InChI is InChI=1S/C36H36N4Si/c1-35(2,3)29-19-39-31-9-11-37-17-27(31)23-13-21(15-25(29)33(23)39)41(7,8)22-14-24-28-18-38-12-10-32(28)40-20-30(36(4,5)6)26(16-22)34(24)40/h9-20H,1-8H3. The number of pyridine rings is 2. The summed E-state index contributed by atoms with van der Waals surface area (Å²) in [4.78, 5) is 9.06. The monoisotopic (exact) mass is 552 g/mol. The lowest BCUT2D eigenvalue weighted by Crippen LogP contribution is -2.52. The Morgan fingerprint density at radius 2 is 0.951 bits per heavy atom. The molecule has 0 unspecified atom stereocenters. The minimum atomic E-state index is -2.15. The summed E-state index contributed by atoms with van der Waals surface area (Å²) < 4.78 is 4.80. The van der Waals surface area contributed by atoms with Gasteiger partial charge in [-0.05, 0) is 34.1 Å². The first-order chi connectivity index (χ1) is 19.4. The van der Waals surface area contributed by atoms with Gasteiger partial charge < -0.3 is 8.80 Å². The zero-order valence-corrected chi connectivity index (χ0v) is 26.2. The molecule has 0 radical (unpaired) electrons. The molecule has 8 rings (SSSR count). The smallest absolute Gasteiger partial charge is 0.112 e. The molecule has 2 aromatic carbocycles. The first-order valence-electron chi connectivity index (χ1n) is 14.7. The van der Waals surface area contributed by atoms with Crippen LogP contribution in [0.2, 0.25) is 13.1 Å². The molecule has 4 nitrogen and oxygen atoms in total. The molecule has 8 aromatic rings. The van der Waals surface area contributed by atoms with Crippen molar-refractivity contribution in [1.29, 1.82) is 0 Å². The maximum atomic E-state index is 4.53. The lowest BCUT2D eigenvalue weighted by atomic mass is 9.86. The van der Waals surface area contributed by atoms with Crippen LogP contribution in [0.1, 0.15) is 52.7 Å². The highest BCUT2D eigenvalue weighted by Crippen LogP contribution is 2.41. The van der Waals surface area contributed by atoms with E-state index < -0.39 is 8.07 Å². The van der Waals surface area contributed by atoms with E-state index in [1.54, 1.807) is 0 Å². The summed E-state index contributed by atoms with van der Waals surface area (Å²) in [5.74, 6) is 0. The van der Waals surface area contributed by atoms with E-state index in [1.807, 2.05) is 24.8 Å². The molecular formula is C36H36N4Si. The molecule has 0 atom stereocenters. The summed E-state index contributed by atoms with van der Waals surface area (Å²) in [6.45, 7) is 19.0. The van der Waals surface area contributed by atoms with Crippen molar-refractivity contribution in [3.05, 3.63) is 84.7 Å². The van der Waals surface area contributed by atoms with Gasteiger partial charge in [-0.15, -0.1) is 0 Å². The van der Waals surface area contributed by atoms with Crippen LogP contribution in [0.4, 0.5) is 0 Å². The van der Waals surface area contributed by atoms with E-state index in [4.69, 9.17) is 0 Å². The predicted molar refractivity (Wildman–Crippen MR) is 177 cm³/mol. The number of hydrogen-bond donors (Lipinski definition) is 0. The Labute approximate surface area is 241 Å².